The third kappa shape index (κ3) is 4.28. The molecule has 0 bridgehead atoms. The zero-order valence-electron chi connectivity index (χ0n) is 18.5. The standard InChI is InChI=1S/C29H28N2O/c1-22(2)30-28(32)26-20-12-13-21-27(26)31-29(23-14-6-3-7-15-23,24-16-8-4-9-17-24)25-18-10-5-11-19-25/h3-22,31H,1-2H3,(H,30,32). The van der Waals surface area contributed by atoms with Gasteiger partial charge in [0.05, 0.1) is 5.56 Å². The molecular weight excluding hydrogens is 392 g/mol. The van der Waals surface area contributed by atoms with Crippen molar-refractivity contribution < 1.29 is 4.79 Å². The summed E-state index contributed by atoms with van der Waals surface area (Å²) in [6.07, 6.45) is 0. The highest BCUT2D eigenvalue weighted by atomic mass is 16.1. The molecule has 3 heteroatoms. The molecule has 0 unspecified atom stereocenters. The van der Waals surface area contributed by atoms with Crippen molar-refractivity contribution in [3.8, 4) is 0 Å². The smallest absolute Gasteiger partial charge is 0.253 e. The van der Waals surface area contributed by atoms with Gasteiger partial charge >= 0.3 is 0 Å². The van der Waals surface area contributed by atoms with E-state index in [0.717, 1.165) is 22.4 Å². The second kappa shape index (κ2) is 9.52. The zero-order valence-corrected chi connectivity index (χ0v) is 18.5. The van der Waals surface area contributed by atoms with Crippen molar-refractivity contribution in [2.75, 3.05) is 5.32 Å². The van der Waals surface area contributed by atoms with Crippen LogP contribution in [0.15, 0.2) is 115 Å². The Labute approximate surface area is 190 Å². The lowest BCUT2D eigenvalue weighted by Gasteiger charge is -2.38. The van der Waals surface area contributed by atoms with Crippen LogP contribution in [0.4, 0.5) is 5.69 Å². The molecule has 0 aliphatic carbocycles. The van der Waals surface area contributed by atoms with E-state index in [4.69, 9.17) is 0 Å². The quantitative estimate of drug-likeness (QED) is 0.348. The first kappa shape index (κ1) is 21.4. The second-order valence-corrected chi connectivity index (χ2v) is 8.15. The molecular formula is C29H28N2O. The molecule has 0 aliphatic rings. The summed E-state index contributed by atoms with van der Waals surface area (Å²) in [4.78, 5) is 13.0. The maximum Gasteiger partial charge on any atom is 0.253 e. The van der Waals surface area contributed by atoms with E-state index in [1.54, 1.807) is 0 Å². The Kier molecular flexibility index (Phi) is 6.37. The van der Waals surface area contributed by atoms with Gasteiger partial charge in [-0.2, -0.15) is 0 Å². The average molecular weight is 421 g/mol. The minimum absolute atomic E-state index is 0.0534. The minimum atomic E-state index is -0.683. The van der Waals surface area contributed by atoms with E-state index in [-0.39, 0.29) is 11.9 Å². The number of carbonyl (C=O) groups excluding carboxylic acids is 1. The first-order chi connectivity index (χ1) is 15.6. The number of benzene rings is 4. The van der Waals surface area contributed by atoms with E-state index >= 15 is 0 Å². The van der Waals surface area contributed by atoms with Gasteiger partial charge in [-0.25, -0.2) is 0 Å². The van der Waals surface area contributed by atoms with Crippen molar-refractivity contribution in [1.82, 2.24) is 5.32 Å². The second-order valence-electron chi connectivity index (χ2n) is 8.15. The largest absolute Gasteiger partial charge is 0.367 e. The third-order valence-electron chi connectivity index (χ3n) is 5.53. The zero-order chi connectivity index (χ0) is 22.4. The molecule has 0 fully saturated rings. The Bertz CT molecular complexity index is 1060. The van der Waals surface area contributed by atoms with Crippen LogP contribution >= 0.6 is 0 Å². The SMILES string of the molecule is CC(C)NC(=O)c1ccccc1NC(c1ccccc1)(c1ccccc1)c1ccccc1. The number of hydrogen-bond donors (Lipinski definition) is 2. The van der Waals surface area contributed by atoms with Crippen LogP contribution in [-0.4, -0.2) is 11.9 Å². The molecule has 0 saturated carbocycles. The first-order valence-corrected chi connectivity index (χ1v) is 11.0. The highest BCUT2D eigenvalue weighted by Crippen LogP contribution is 2.40. The van der Waals surface area contributed by atoms with Gasteiger partial charge in [0.15, 0.2) is 0 Å². The molecule has 4 aromatic carbocycles. The molecule has 0 spiro atoms. The minimum Gasteiger partial charge on any atom is -0.367 e. The van der Waals surface area contributed by atoms with Gasteiger partial charge in [-0.3, -0.25) is 4.79 Å². The van der Waals surface area contributed by atoms with Gasteiger partial charge in [0.25, 0.3) is 5.91 Å². The molecule has 1 amide bonds. The third-order valence-corrected chi connectivity index (χ3v) is 5.53. The predicted octanol–water partition coefficient (Wildman–Crippen LogP) is 6.23. The van der Waals surface area contributed by atoms with Crippen LogP contribution < -0.4 is 10.6 Å². The number of hydrogen-bond acceptors (Lipinski definition) is 2. The predicted molar refractivity (Wildman–Crippen MR) is 132 cm³/mol. The van der Waals surface area contributed by atoms with Crippen LogP contribution in [0.1, 0.15) is 40.9 Å². The summed E-state index contributed by atoms with van der Waals surface area (Å²) in [5.41, 5.74) is 4.00. The first-order valence-electron chi connectivity index (χ1n) is 11.0. The van der Waals surface area contributed by atoms with Gasteiger partial charge in [0, 0.05) is 11.7 Å². The van der Waals surface area contributed by atoms with Crippen LogP contribution in [0.5, 0.6) is 0 Å². The summed E-state index contributed by atoms with van der Waals surface area (Å²) in [6, 6.07) is 38.9. The number of nitrogens with one attached hydrogen (secondary N) is 2. The molecule has 4 aromatic rings. The van der Waals surface area contributed by atoms with Crippen molar-refractivity contribution in [3.63, 3.8) is 0 Å². The molecule has 0 heterocycles. The highest BCUT2D eigenvalue weighted by Gasteiger charge is 2.37. The van der Waals surface area contributed by atoms with Crippen molar-refractivity contribution in [3.05, 3.63) is 138 Å². The van der Waals surface area contributed by atoms with E-state index in [0.29, 0.717) is 5.56 Å². The Morgan fingerprint density at radius 1 is 0.625 bits per heavy atom. The fourth-order valence-electron chi connectivity index (χ4n) is 4.11. The monoisotopic (exact) mass is 420 g/mol. The molecule has 4 rings (SSSR count). The van der Waals surface area contributed by atoms with Crippen molar-refractivity contribution in [1.29, 1.82) is 0 Å². The molecule has 0 aromatic heterocycles. The molecule has 32 heavy (non-hydrogen) atoms. The van der Waals surface area contributed by atoms with Gasteiger partial charge in [-0.1, -0.05) is 103 Å². The fourth-order valence-corrected chi connectivity index (χ4v) is 4.11. The van der Waals surface area contributed by atoms with Crippen LogP contribution in [-0.2, 0) is 5.54 Å². The van der Waals surface area contributed by atoms with E-state index in [2.05, 4.69) is 83.4 Å². The summed E-state index contributed by atoms with van der Waals surface area (Å²) in [5.74, 6) is -0.0915. The van der Waals surface area contributed by atoms with Crippen LogP contribution in [0.25, 0.3) is 0 Å². The van der Waals surface area contributed by atoms with Crippen LogP contribution in [0.3, 0.4) is 0 Å². The van der Waals surface area contributed by atoms with Crippen molar-refractivity contribution >= 4 is 11.6 Å². The molecule has 0 aliphatic heterocycles. The average Bonchev–Trinajstić information content (AvgIpc) is 2.84. The Morgan fingerprint density at radius 2 is 1.03 bits per heavy atom. The number of rotatable bonds is 7. The lowest BCUT2D eigenvalue weighted by molar-refractivity contribution is 0.0944. The van der Waals surface area contributed by atoms with Crippen LogP contribution in [0.2, 0.25) is 0 Å². The van der Waals surface area contributed by atoms with E-state index in [1.165, 1.54) is 0 Å². The van der Waals surface area contributed by atoms with Crippen molar-refractivity contribution in [2.45, 2.75) is 25.4 Å². The number of carbonyl (C=O) groups is 1. The lowest BCUT2D eigenvalue weighted by atomic mass is 9.76. The summed E-state index contributed by atoms with van der Waals surface area (Å²) in [7, 11) is 0. The maximum atomic E-state index is 13.0. The normalized spacial score (nSPS) is 11.2. The highest BCUT2D eigenvalue weighted by molar-refractivity contribution is 6.00. The summed E-state index contributed by atoms with van der Waals surface area (Å²) >= 11 is 0. The maximum absolute atomic E-state index is 13.0. The van der Waals surface area contributed by atoms with Gasteiger partial charge in [0.1, 0.15) is 5.54 Å². The summed E-state index contributed by atoms with van der Waals surface area (Å²) < 4.78 is 0. The molecule has 0 atom stereocenters. The molecule has 2 N–H and O–H groups in total. The van der Waals surface area contributed by atoms with Gasteiger partial charge in [-0.05, 0) is 42.7 Å². The Morgan fingerprint density at radius 3 is 1.47 bits per heavy atom. The summed E-state index contributed by atoms with van der Waals surface area (Å²) in [5, 5.41) is 6.83. The summed E-state index contributed by atoms with van der Waals surface area (Å²) in [6.45, 7) is 3.94. The molecule has 0 saturated heterocycles. The van der Waals surface area contributed by atoms with Gasteiger partial charge in [-0.15, -0.1) is 0 Å². The van der Waals surface area contributed by atoms with E-state index in [9.17, 15) is 4.79 Å². The lowest BCUT2D eigenvalue weighted by Crippen LogP contribution is -2.39. The van der Waals surface area contributed by atoms with Gasteiger partial charge in [0.2, 0.25) is 0 Å². The Hall–Kier alpha value is -3.85. The van der Waals surface area contributed by atoms with Crippen molar-refractivity contribution in [2.24, 2.45) is 0 Å². The van der Waals surface area contributed by atoms with E-state index < -0.39 is 5.54 Å². The topological polar surface area (TPSA) is 41.1 Å². The fraction of sp³-hybridized carbons (Fsp3) is 0.138. The number of para-hydroxylation sites is 1. The van der Waals surface area contributed by atoms with Crippen LogP contribution in [0, 0.1) is 0 Å². The molecule has 160 valence electrons. The van der Waals surface area contributed by atoms with Gasteiger partial charge < -0.3 is 10.6 Å². The van der Waals surface area contributed by atoms with E-state index in [1.807, 2.05) is 56.3 Å². The Balaban J connectivity index is 1.95. The molecule has 0 radical (unpaired) electrons. The number of anilines is 1. The molecule has 3 nitrogen and oxygen atoms in total. The number of amides is 1.